The summed E-state index contributed by atoms with van der Waals surface area (Å²) in [5.74, 6) is 1.98. The minimum atomic E-state index is -0.417. The summed E-state index contributed by atoms with van der Waals surface area (Å²) in [6.07, 6.45) is 3.38. The van der Waals surface area contributed by atoms with Crippen molar-refractivity contribution >= 4 is 17.9 Å². The fraction of sp³-hybridized carbons (Fsp3) is 0.0385. The zero-order valence-electron chi connectivity index (χ0n) is 17.2. The summed E-state index contributed by atoms with van der Waals surface area (Å²) in [5.41, 5.74) is 3.31. The van der Waals surface area contributed by atoms with Crippen LogP contribution in [0.1, 0.15) is 11.1 Å². The summed E-state index contributed by atoms with van der Waals surface area (Å²) in [4.78, 5) is 20.7. The van der Waals surface area contributed by atoms with Gasteiger partial charge in [0.1, 0.15) is 5.75 Å². The Morgan fingerprint density at radius 3 is 2.28 bits per heavy atom. The molecule has 3 aromatic carbocycles. The molecule has 1 amide bonds. The molecule has 0 spiro atoms. The van der Waals surface area contributed by atoms with E-state index in [1.165, 1.54) is 0 Å². The number of benzene rings is 3. The zero-order valence-corrected chi connectivity index (χ0v) is 17.2. The SMILES string of the molecule is COc1ccc(C2=NC(=O)C(=Cc3ccc(-c4ncc(-c5ccccc5)o4)cc3)O2)cc1. The van der Waals surface area contributed by atoms with Crippen molar-refractivity contribution in [3.05, 3.63) is 102 Å². The summed E-state index contributed by atoms with van der Waals surface area (Å²) in [5, 5.41) is 0. The molecule has 0 N–H and O–H groups in total. The lowest BCUT2D eigenvalue weighted by molar-refractivity contribution is -0.115. The first-order chi connectivity index (χ1) is 15.7. The van der Waals surface area contributed by atoms with Gasteiger partial charge in [-0.15, -0.1) is 0 Å². The number of methoxy groups -OCH3 is 1. The second-order valence-electron chi connectivity index (χ2n) is 7.08. The van der Waals surface area contributed by atoms with Crippen molar-refractivity contribution < 1.29 is 18.7 Å². The van der Waals surface area contributed by atoms with Gasteiger partial charge in [-0.3, -0.25) is 4.79 Å². The van der Waals surface area contributed by atoms with Crippen LogP contribution in [0.25, 0.3) is 28.9 Å². The van der Waals surface area contributed by atoms with Crippen LogP contribution < -0.4 is 4.74 Å². The van der Waals surface area contributed by atoms with Crippen LogP contribution >= 0.6 is 0 Å². The Hall–Kier alpha value is -4.45. The Balaban J connectivity index is 1.31. The number of oxazole rings is 1. The highest BCUT2D eigenvalue weighted by Crippen LogP contribution is 2.27. The standard InChI is InChI=1S/C26H18N2O4/c1-30-21-13-11-20(12-14-21)26-28-24(29)22(31-26)15-17-7-9-19(10-8-17)25-27-16-23(32-25)18-5-3-2-4-6-18/h2-16H,1H3. The summed E-state index contributed by atoms with van der Waals surface area (Å²) >= 11 is 0. The highest BCUT2D eigenvalue weighted by molar-refractivity contribution is 6.14. The van der Waals surface area contributed by atoms with Crippen molar-refractivity contribution in [1.82, 2.24) is 4.98 Å². The molecule has 0 saturated heterocycles. The number of ether oxygens (including phenoxy) is 2. The molecular weight excluding hydrogens is 404 g/mol. The van der Waals surface area contributed by atoms with Crippen molar-refractivity contribution in [1.29, 1.82) is 0 Å². The third-order valence-electron chi connectivity index (χ3n) is 4.98. The minimum absolute atomic E-state index is 0.172. The molecule has 0 atom stereocenters. The highest BCUT2D eigenvalue weighted by Gasteiger charge is 2.24. The van der Waals surface area contributed by atoms with Crippen LogP contribution in [0.2, 0.25) is 0 Å². The van der Waals surface area contributed by atoms with Crippen molar-refractivity contribution in [3.8, 4) is 28.5 Å². The molecule has 0 saturated carbocycles. The Kier molecular flexibility index (Phi) is 5.09. The van der Waals surface area contributed by atoms with Crippen LogP contribution in [0.3, 0.4) is 0 Å². The molecule has 5 rings (SSSR count). The number of aromatic nitrogens is 1. The van der Waals surface area contributed by atoms with Gasteiger partial charge in [-0.05, 0) is 48.0 Å². The maximum absolute atomic E-state index is 12.3. The number of amides is 1. The van der Waals surface area contributed by atoms with E-state index in [0.717, 1.165) is 22.4 Å². The minimum Gasteiger partial charge on any atom is -0.497 e. The number of carbonyl (C=O) groups excluding carboxylic acids is 1. The molecule has 6 heteroatoms. The van der Waals surface area contributed by atoms with E-state index < -0.39 is 5.91 Å². The maximum atomic E-state index is 12.3. The summed E-state index contributed by atoms with van der Waals surface area (Å²) in [6, 6.07) is 24.5. The van der Waals surface area contributed by atoms with Crippen molar-refractivity contribution in [2.75, 3.05) is 7.11 Å². The Morgan fingerprint density at radius 2 is 1.56 bits per heavy atom. The second kappa shape index (κ2) is 8.35. The number of rotatable bonds is 5. The highest BCUT2D eigenvalue weighted by atomic mass is 16.5. The molecule has 4 aromatic rings. The predicted molar refractivity (Wildman–Crippen MR) is 121 cm³/mol. The zero-order chi connectivity index (χ0) is 21.9. The van der Waals surface area contributed by atoms with Crippen molar-refractivity contribution in [3.63, 3.8) is 0 Å². The lowest BCUT2D eigenvalue weighted by Gasteiger charge is -2.04. The molecule has 32 heavy (non-hydrogen) atoms. The average Bonchev–Trinajstić information content (AvgIpc) is 3.48. The summed E-state index contributed by atoms with van der Waals surface area (Å²) in [7, 11) is 1.60. The normalized spacial score (nSPS) is 14.3. The van der Waals surface area contributed by atoms with Gasteiger partial charge in [0.25, 0.3) is 0 Å². The molecule has 1 aliphatic rings. The summed E-state index contributed by atoms with van der Waals surface area (Å²) in [6.45, 7) is 0. The largest absolute Gasteiger partial charge is 0.497 e. The van der Waals surface area contributed by atoms with Gasteiger partial charge in [-0.25, -0.2) is 4.98 Å². The predicted octanol–water partition coefficient (Wildman–Crippen LogP) is 5.36. The smallest absolute Gasteiger partial charge is 0.316 e. The monoisotopic (exact) mass is 422 g/mol. The van der Waals surface area contributed by atoms with Gasteiger partial charge in [0.15, 0.2) is 11.5 Å². The van der Waals surface area contributed by atoms with Crippen LogP contribution in [-0.4, -0.2) is 23.9 Å². The Labute approximate surface area is 184 Å². The van der Waals surface area contributed by atoms with Gasteiger partial charge in [0.2, 0.25) is 11.8 Å². The Bertz CT molecular complexity index is 1320. The van der Waals surface area contributed by atoms with E-state index in [-0.39, 0.29) is 11.7 Å². The first kappa shape index (κ1) is 19.5. The van der Waals surface area contributed by atoms with Crippen LogP contribution in [0.5, 0.6) is 5.75 Å². The first-order valence-corrected chi connectivity index (χ1v) is 9.98. The van der Waals surface area contributed by atoms with E-state index in [1.54, 1.807) is 43.6 Å². The van der Waals surface area contributed by atoms with E-state index in [0.29, 0.717) is 17.2 Å². The van der Waals surface area contributed by atoms with Gasteiger partial charge in [0, 0.05) is 16.7 Å². The van der Waals surface area contributed by atoms with E-state index in [1.807, 2.05) is 54.6 Å². The molecule has 1 aliphatic heterocycles. The van der Waals surface area contributed by atoms with Crippen molar-refractivity contribution in [2.24, 2.45) is 4.99 Å². The van der Waals surface area contributed by atoms with Gasteiger partial charge < -0.3 is 13.9 Å². The topological polar surface area (TPSA) is 73.9 Å². The van der Waals surface area contributed by atoms with E-state index >= 15 is 0 Å². The van der Waals surface area contributed by atoms with E-state index in [2.05, 4.69) is 9.98 Å². The number of hydrogen-bond acceptors (Lipinski definition) is 5. The van der Waals surface area contributed by atoms with Crippen LogP contribution in [0.15, 0.2) is 100 Å². The average molecular weight is 422 g/mol. The Morgan fingerprint density at radius 1 is 0.844 bits per heavy atom. The third kappa shape index (κ3) is 3.94. The van der Waals surface area contributed by atoms with Crippen LogP contribution in [-0.2, 0) is 9.53 Å². The molecule has 0 aliphatic carbocycles. The van der Waals surface area contributed by atoms with E-state index in [9.17, 15) is 4.79 Å². The quantitative estimate of drug-likeness (QED) is 0.405. The number of aliphatic imine (C=N–C) groups is 1. The summed E-state index contributed by atoms with van der Waals surface area (Å²) < 4.78 is 16.7. The van der Waals surface area contributed by atoms with Crippen molar-refractivity contribution in [2.45, 2.75) is 0 Å². The molecule has 0 fully saturated rings. The molecule has 0 radical (unpaired) electrons. The molecule has 0 bridgehead atoms. The lowest BCUT2D eigenvalue weighted by Crippen LogP contribution is -2.00. The maximum Gasteiger partial charge on any atom is 0.316 e. The molecule has 156 valence electrons. The first-order valence-electron chi connectivity index (χ1n) is 9.98. The molecule has 1 aromatic heterocycles. The fourth-order valence-corrected chi connectivity index (χ4v) is 3.28. The number of nitrogens with zero attached hydrogens (tertiary/aromatic N) is 2. The second-order valence-corrected chi connectivity index (χ2v) is 7.08. The van der Waals surface area contributed by atoms with Crippen LogP contribution in [0.4, 0.5) is 0 Å². The lowest BCUT2D eigenvalue weighted by atomic mass is 10.1. The molecule has 0 unspecified atom stereocenters. The number of hydrogen-bond donors (Lipinski definition) is 0. The molecule has 2 heterocycles. The van der Waals surface area contributed by atoms with E-state index in [4.69, 9.17) is 13.9 Å². The fourth-order valence-electron chi connectivity index (χ4n) is 3.28. The third-order valence-corrected chi connectivity index (χ3v) is 4.98. The number of carbonyl (C=O) groups is 1. The van der Waals surface area contributed by atoms with Gasteiger partial charge in [-0.2, -0.15) is 4.99 Å². The van der Waals surface area contributed by atoms with Gasteiger partial charge in [-0.1, -0.05) is 42.5 Å². The van der Waals surface area contributed by atoms with Crippen LogP contribution in [0, 0.1) is 0 Å². The molecule has 6 nitrogen and oxygen atoms in total. The molecular formula is C26H18N2O4. The van der Waals surface area contributed by atoms with Gasteiger partial charge in [0.05, 0.1) is 13.3 Å². The van der Waals surface area contributed by atoms with Gasteiger partial charge >= 0.3 is 5.91 Å².